The maximum atomic E-state index is 13.4. The van der Waals surface area contributed by atoms with E-state index in [-0.39, 0.29) is 23.8 Å². The van der Waals surface area contributed by atoms with Crippen LogP contribution in [0.1, 0.15) is 65.0 Å². The third-order valence-corrected chi connectivity index (χ3v) is 7.16. The van der Waals surface area contributed by atoms with Gasteiger partial charge in [-0.05, 0) is 69.4 Å². The predicted octanol–water partition coefficient (Wildman–Crippen LogP) is 5.23. The summed E-state index contributed by atoms with van der Waals surface area (Å²) >= 11 is 0. The number of carbonyl (C=O) groups is 2. The number of hydrogen-bond donors (Lipinski definition) is 2. The fraction of sp³-hybridized carbons (Fsp3) is 0.692. The van der Waals surface area contributed by atoms with Crippen LogP contribution in [-0.2, 0) is 17.5 Å². The van der Waals surface area contributed by atoms with Gasteiger partial charge in [0.15, 0.2) is 0 Å². The molecule has 1 aromatic rings. The van der Waals surface area contributed by atoms with Crippen molar-refractivity contribution in [2.45, 2.75) is 84.2 Å². The minimum Gasteiger partial charge on any atom is -0.465 e. The molecule has 6 nitrogen and oxygen atoms in total. The molecule has 196 valence electrons. The average molecular weight is 498 g/mol. The maximum Gasteiger partial charge on any atom is 0.416 e. The molecule has 2 amide bonds. The molecular formula is C26H38F3N3O3. The Labute approximate surface area is 205 Å². The molecule has 2 fully saturated rings. The van der Waals surface area contributed by atoms with Crippen molar-refractivity contribution in [1.82, 2.24) is 15.1 Å². The molecule has 1 aliphatic heterocycles. The number of carbonyl (C=O) groups excluding carboxylic acids is 1. The largest absolute Gasteiger partial charge is 0.465 e. The smallest absolute Gasteiger partial charge is 0.416 e. The van der Waals surface area contributed by atoms with E-state index in [0.717, 1.165) is 25.5 Å². The van der Waals surface area contributed by atoms with Crippen molar-refractivity contribution in [2.75, 3.05) is 13.1 Å². The molecule has 1 saturated heterocycles. The van der Waals surface area contributed by atoms with Gasteiger partial charge in [-0.1, -0.05) is 32.0 Å². The second-order valence-electron chi connectivity index (χ2n) is 11.5. The van der Waals surface area contributed by atoms with Crippen molar-refractivity contribution < 1.29 is 27.9 Å². The Hall–Kier alpha value is -2.29. The lowest BCUT2D eigenvalue weighted by molar-refractivity contribution is -0.137. The van der Waals surface area contributed by atoms with Crippen LogP contribution in [0.25, 0.3) is 0 Å². The number of rotatable bonds is 7. The van der Waals surface area contributed by atoms with Gasteiger partial charge in [0.05, 0.1) is 5.56 Å². The fourth-order valence-corrected chi connectivity index (χ4v) is 5.71. The molecule has 2 aliphatic rings. The third kappa shape index (κ3) is 6.68. The summed E-state index contributed by atoms with van der Waals surface area (Å²) in [6.45, 7) is 11.2. The van der Waals surface area contributed by atoms with Gasteiger partial charge >= 0.3 is 12.3 Å². The summed E-state index contributed by atoms with van der Waals surface area (Å²) in [6, 6.07) is 4.59. The summed E-state index contributed by atoms with van der Waals surface area (Å²) < 4.78 is 39.2. The van der Waals surface area contributed by atoms with Gasteiger partial charge in [-0.3, -0.25) is 14.6 Å². The Morgan fingerprint density at radius 3 is 2.43 bits per heavy atom. The molecule has 1 saturated carbocycles. The van der Waals surface area contributed by atoms with Crippen LogP contribution in [0, 0.1) is 17.8 Å². The first-order valence-corrected chi connectivity index (χ1v) is 12.4. The van der Waals surface area contributed by atoms with Gasteiger partial charge in [0, 0.05) is 31.2 Å². The lowest BCUT2D eigenvalue weighted by atomic mass is 9.94. The zero-order valence-corrected chi connectivity index (χ0v) is 21.2. The van der Waals surface area contributed by atoms with E-state index in [1.165, 1.54) is 17.0 Å². The highest BCUT2D eigenvalue weighted by Crippen LogP contribution is 2.39. The van der Waals surface area contributed by atoms with Crippen LogP contribution < -0.4 is 5.32 Å². The van der Waals surface area contributed by atoms with Crippen LogP contribution in [-0.4, -0.2) is 57.6 Å². The van der Waals surface area contributed by atoms with Gasteiger partial charge in [0.2, 0.25) is 5.91 Å². The Kier molecular flexibility index (Phi) is 8.09. The van der Waals surface area contributed by atoms with Crippen LogP contribution in [0.2, 0.25) is 0 Å². The van der Waals surface area contributed by atoms with E-state index in [2.05, 4.69) is 10.2 Å². The van der Waals surface area contributed by atoms with Crippen molar-refractivity contribution in [1.29, 1.82) is 0 Å². The first-order valence-electron chi connectivity index (χ1n) is 12.4. The summed E-state index contributed by atoms with van der Waals surface area (Å²) in [5.41, 5.74) is -0.743. The van der Waals surface area contributed by atoms with Crippen LogP contribution in [0.5, 0.6) is 0 Å². The number of nitrogens with zero attached hydrogens (tertiary/aromatic N) is 2. The third-order valence-electron chi connectivity index (χ3n) is 7.16. The molecular weight excluding hydrogens is 459 g/mol. The highest BCUT2D eigenvalue weighted by Gasteiger charge is 2.45. The van der Waals surface area contributed by atoms with Crippen molar-refractivity contribution in [3.63, 3.8) is 0 Å². The number of nitrogens with one attached hydrogen (secondary N) is 1. The Morgan fingerprint density at radius 1 is 1.17 bits per heavy atom. The maximum absolute atomic E-state index is 13.4. The summed E-state index contributed by atoms with van der Waals surface area (Å²) in [4.78, 5) is 28.9. The second-order valence-corrected chi connectivity index (χ2v) is 11.5. The molecule has 35 heavy (non-hydrogen) atoms. The minimum absolute atomic E-state index is 0.0655. The number of hydrogen-bond acceptors (Lipinski definition) is 3. The van der Waals surface area contributed by atoms with Crippen LogP contribution >= 0.6 is 0 Å². The summed E-state index contributed by atoms with van der Waals surface area (Å²) in [7, 11) is 0. The topological polar surface area (TPSA) is 72.9 Å². The Bertz CT molecular complexity index is 913. The number of likely N-dealkylation sites (tertiary alicyclic amines) is 1. The van der Waals surface area contributed by atoms with Crippen LogP contribution in [0.3, 0.4) is 0 Å². The van der Waals surface area contributed by atoms with Crippen molar-refractivity contribution >= 4 is 12.0 Å². The standard InChI is InChI=1S/C26H38F3N3O3/c1-16(2)11-22(32(24(34)35)25(3,4)5)23(33)30-21-10-9-18-14-31(15-20(18)21)13-17-7-6-8-19(12-17)26(27,28)29/h6-8,12,16,18,20-22H,9-11,13-15H2,1-5H3,(H,30,33)(H,34,35)/t18-,20+,21+,22-/m1/s1. The number of alkyl halides is 3. The molecule has 0 bridgehead atoms. The molecule has 0 radical (unpaired) electrons. The summed E-state index contributed by atoms with van der Waals surface area (Å²) in [6.07, 6.45) is -3.29. The molecule has 4 atom stereocenters. The Balaban J connectivity index is 1.68. The molecule has 0 spiro atoms. The van der Waals surface area contributed by atoms with Gasteiger partial charge in [-0.15, -0.1) is 0 Å². The molecule has 1 heterocycles. The quantitative estimate of drug-likeness (QED) is 0.542. The van der Waals surface area contributed by atoms with Crippen LogP contribution in [0.15, 0.2) is 24.3 Å². The van der Waals surface area contributed by atoms with E-state index in [1.54, 1.807) is 26.8 Å². The van der Waals surface area contributed by atoms with Gasteiger partial charge in [0.25, 0.3) is 0 Å². The number of halogens is 3. The highest BCUT2D eigenvalue weighted by atomic mass is 19.4. The summed E-state index contributed by atoms with van der Waals surface area (Å²) in [5, 5.41) is 13.0. The van der Waals surface area contributed by atoms with E-state index < -0.39 is 29.4 Å². The van der Waals surface area contributed by atoms with Gasteiger partial charge < -0.3 is 10.4 Å². The van der Waals surface area contributed by atoms with E-state index in [1.807, 2.05) is 13.8 Å². The molecule has 1 aliphatic carbocycles. The number of benzene rings is 1. The van der Waals surface area contributed by atoms with E-state index >= 15 is 0 Å². The highest BCUT2D eigenvalue weighted by molar-refractivity contribution is 5.86. The zero-order chi connectivity index (χ0) is 26.1. The van der Waals surface area contributed by atoms with E-state index in [9.17, 15) is 27.9 Å². The molecule has 1 aromatic carbocycles. The molecule has 3 rings (SSSR count). The first-order chi connectivity index (χ1) is 16.2. The molecule has 9 heteroatoms. The van der Waals surface area contributed by atoms with E-state index in [4.69, 9.17) is 0 Å². The number of amides is 2. The van der Waals surface area contributed by atoms with Gasteiger partial charge in [-0.25, -0.2) is 4.79 Å². The van der Waals surface area contributed by atoms with Gasteiger partial charge in [0.1, 0.15) is 6.04 Å². The van der Waals surface area contributed by atoms with Gasteiger partial charge in [-0.2, -0.15) is 13.2 Å². The number of carboxylic acid groups (broad SMARTS) is 1. The fourth-order valence-electron chi connectivity index (χ4n) is 5.71. The second kappa shape index (κ2) is 10.4. The minimum atomic E-state index is -4.36. The SMILES string of the molecule is CC(C)C[C@H](C(=O)N[C@H]1CC[C@@H]2CN(Cc3cccc(C(F)(F)F)c3)C[C@@H]21)N(C(=O)O)C(C)(C)C. The van der Waals surface area contributed by atoms with Crippen molar-refractivity contribution in [3.05, 3.63) is 35.4 Å². The zero-order valence-electron chi connectivity index (χ0n) is 21.2. The monoisotopic (exact) mass is 497 g/mol. The van der Waals surface area contributed by atoms with E-state index in [0.29, 0.717) is 31.0 Å². The normalized spacial score (nSPS) is 23.9. The van der Waals surface area contributed by atoms with Crippen molar-refractivity contribution in [2.24, 2.45) is 17.8 Å². The molecule has 0 aromatic heterocycles. The average Bonchev–Trinajstić information content (AvgIpc) is 3.26. The van der Waals surface area contributed by atoms with Crippen LogP contribution in [0.4, 0.5) is 18.0 Å². The first kappa shape index (κ1) is 27.3. The lowest BCUT2D eigenvalue weighted by Crippen LogP contribution is -2.58. The molecule has 2 N–H and O–H groups in total. The lowest BCUT2D eigenvalue weighted by Gasteiger charge is -2.40. The molecule has 0 unspecified atom stereocenters. The van der Waals surface area contributed by atoms with Crippen molar-refractivity contribution in [3.8, 4) is 0 Å². The Morgan fingerprint density at radius 2 is 1.86 bits per heavy atom. The summed E-state index contributed by atoms with van der Waals surface area (Å²) in [5.74, 6) is 0.448. The number of fused-ring (bicyclic) bond motifs is 1. The predicted molar refractivity (Wildman–Crippen MR) is 128 cm³/mol.